The van der Waals surface area contributed by atoms with Crippen LogP contribution in [0.3, 0.4) is 0 Å². The van der Waals surface area contributed by atoms with E-state index in [1.165, 1.54) is 89.9 Å². The Labute approximate surface area is 179 Å². The topological polar surface area (TPSA) is 67.8 Å². The molecule has 1 fully saturated rings. The van der Waals surface area contributed by atoms with Crippen molar-refractivity contribution in [3.05, 3.63) is 0 Å². The van der Waals surface area contributed by atoms with E-state index in [0.29, 0.717) is 19.8 Å². The molecular weight excluding hydrogens is 366 g/mol. The summed E-state index contributed by atoms with van der Waals surface area (Å²) < 4.78 is 10.6. The number of aliphatic hydroxyl groups excluding tert-OH is 1. The highest BCUT2D eigenvalue weighted by Gasteiger charge is 2.25. The van der Waals surface area contributed by atoms with Gasteiger partial charge in [-0.25, -0.2) is 4.79 Å². The normalized spacial score (nSPS) is 18.8. The largest absolute Gasteiger partial charge is 0.449 e. The van der Waals surface area contributed by atoms with E-state index in [2.05, 4.69) is 12.2 Å². The van der Waals surface area contributed by atoms with Crippen molar-refractivity contribution in [1.82, 2.24) is 5.32 Å². The number of ether oxygens (including phenoxy) is 2. The van der Waals surface area contributed by atoms with Crippen molar-refractivity contribution in [1.29, 1.82) is 0 Å². The van der Waals surface area contributed by atoms with Crippen LogP contribution in [0.2, 0.25) is 0 Å². The van der Waals surface area contributed by atoms with Crippen LogP contribution >= 0.6 is 0 Å². The Morgan fingerprint density at radius 3 is 1.90 bits per heavy atom. The van der Waals surface area contributed by atoms with Crippen molar-refractivity contribution >= 4 is 6.09 Å². The van der Waals surface area contributed by atoms with E-state index in [9.17, 15) is 4.79 Å². The number of carbonyl (C=O) groups excluding carboxylic acids is 1. The molecule has 0 aromatic rings. The molecule has 29 heavy (non-hydrogen) atoms. The van der Waals surface area contributed by atoms with Gasteiger partial charge in [0.2, 0.25) is 0 Å². The van der Waals surface area contributed by atoms with Crippen molar-refractivity contribution < 1.29 is 19.4 Å². The lowest BCUT2D eigenvalue weighted by Gasteiger charge is -2.10. The number of nitrogens with one attached hydrogen (secondary N) is 1. The van der Waals surface area contributed by atoms with Crippen molar-refractivity contribution in [3.63, 3.8) is 0 Å². The van der Waals surface area contributed by atoms with Crippen LogP contribution in [-0.2, 0) is 9.47 Å². The second-order valence-corrected chi connectivity index (χ2v) is 8.71. The highest BCUT2D eigenvalue weighted by Crippen LogP contribution is 2.19. The fourth-order valence-electron chi connectivity index (χ4n) is 3.95. The summed E-state index contributed by atoms with van der Waals surface area (Å²) in [6.45, 7) is 3.95. The molecule has 1 aliphatic heterocycles. The monoisotopic (exact) mass is 413 g/mol. The molecule has 0 aromatic heterocycles. The van der Waals surface area contributed by atoms with Gasteiger partial charge >= 0.3 is 6.09 Å². The SMILES string of the molecule is CCCCCCCCCCCCCCCCCNC(=O)OC[C@H]1CO[C@H](CO)C1. The van der Waals surface area contributed by atoms with Crippen LogP contribution in [0.25, 0.3) is 0 Å². The molecule has 0 saturated carbocycles. The first-order valence-corrected chi connectivity index (χ1v) is 12.4. The molecule has 1 saturated heterocycles. The highest BCUT2D eigenvalue weighted by molar-refractivity contribution is 5.67. The van der Waals surface area contributed by atoms with Gasteiger partial charge in [0.15, 0.2) is 0 Å². The molecule has 2 N–H and O–H groups in total. The number of unbranched alkanes of at least 4 members (excludes halogenated alkanes) is 14. The zero-order valence-corrected chi connectivity index (χ0v) is 19.0. The van der Waals surface area contributed by atoms with Gasteiger partial charge in [-0.1, -0.05) is 96.8 Å². The predicted molar refractivity (Wildman–Crippen MR) is 119 cm³/mol. The first-order valence-electron chi connectivity index (χ1n) is 12.4. The molecule has 5 heteroatoms. The Kier molecular flexibility index (Phi) is 17.3. The summed E-state index contributed by atoms with van der Waals surface area (Å²) in [5.41, 5.74) is 0. The molecule has 0 unspecified atom stereocenters. The third-order valence-electron chi connectivity index (χ3n) is 5.87. The average Bonchev–Trinajstić information content (AvgIpc) is 3.20. The van der Waals surface area contributed by atoms with Gasteiger partial charge in [0.1, 0.15) is 0 Å². The third kappa shape index (κ3) is 15.7. The molecule has 0 aromatic carbocycles. The van der Waals surface area contributed by atoms with Gasteiger partial charge < -0.3 is 19.9 Å². The summed E-state index contributed by atoms with van der Waals surface area (Å²) >= 11 is 0. The molecule has 172 valence electrons. The molecule has 0 spiro atoms. The zero-order chi connectivity index (χ0) is 21.0. The molecule has 1 amide bonds. The Morgan fingerprint density at radius 1 is 0.897 bits per heavy atom. The van der Waals surface area contributed by atoms with Gasteiger partial charge in [-0.2, -0.15) is 0 Å². The average molecular weight is 414 g/mol. The van der Waals surface area contributed by atoms with Gasteiger partial charge in [0.25, 0.3) is 0 Å². The molecule has 1 rings (SSSR count). The van der Waals surface area contributed by atoms with Gasteiger partial charge in [-0.05, 0) is 12.8 Å². The smallest absolute Gasteiger partial charge is 0.407 e. The maximum absolute atomic E-state index is 11.7. The summed E-state index contributed by atoms with van der Waals surface area (Å²) in [6, 6.07) is 0. The van der Waals surface area contributed by atoms with Gasteiger partial charge in [-0.15, -0.1) is 0 Å². The van der Waals surface area contributed by atoms with E-state index in [1.54, 1.807) is 0 Å². The summed E-state index contributed by atoms with van der Waals surface area (Å²) in [4.78, 5) is 11.7. The van der Waals surface area contributed by atoms with Crippen LogP contribution < -0.4 is 5.32 Å². The highest BCUT2D eigenvalue weighted by atomic mass is 16.6. The lowest BCUT2D eigenvalue weighted by Crippen LogP contribution is -2.27. The number of amides is 1. The zero-order valence-electron chi connectivity index (χ0n) is 19.0. The van der Waals surface area contributed by atoms with Crippen molar-refractivity contribution in [2.45, 2.75) is 116 Å². The van der Waals surface area contributed by atoms with Gasteiger partial charge in [0.05, 0.1) is 25.9 Å². The summed E-state index contributed by atoms with van der Waals surface area (Å²) in [5, 5.41) is 11.9. The molecule has 1 aliphatic rings. The van der Waals surface area contributed by atoms with Crippen LogP contribution in [0.1, 0.15) is 110 Å². The number of carbonyl (C=O) groups is 1. The minimum absolute atomic E-state index is 0.0435. The third-order valence-corrected chi connectivity index (χ3v) is 5.87. The Balaban J connectivity index is 1.74. The van der Waals surface area contributed by atoms with Crippen molar-refractivity contribution in [2.75, 3.05) is 26.4 Å². The maximum Gasteiger partial charge on any atom is 0.407 e. The second kappa shape index (κ2) is 19.2. The standard InChI is InChI=1S/C24H47NO4/c1-2-3-4-5-6-7-8-9-10-11-12-13-14-15-16-17-25-24(27)29-21-22-18-23(19-26)28-20-22/h22-23,26H,2-21H2,1H3,(H,25,27)/t22-,23+/m1/s1. The van der Waals surface area contributed by atoms with Crippen LogP contribution in [0.4, 0.5) is 4.79 Å². The van der Waals surface area contributed by atoms with E-state index < -0.39 is 0 Å². The number of rotatable bonds is 19. The lowest BCUT2D eigenvalue weighted by molar-refractivity contribution is 0.0547. The number of alkyl carbamates (subject to hydrolysis) is 1. The molecule has 1 heterocycles. The Bertz CT molecular complexity index is 378. The van der Waals surface area contributed by atoms with E-state index >= 15 is 0 Å². The van der Waals surface area contributed by atoms with E-state index in [1.807, 2.05) is 0 Å². The van der Waals surface area contributed by atoms with Gasteiger partial charge in [-0.3, -0.25) is 0 Å². The molecule has 0 aliphatic carbocycles. The molecular formula is C24H47NO4. The quantitative estimate of drug-likeness (QED) is 0.256. The fourth-order valence-corrected chi connectivity index (χ4v) is 3.95. The minimum Gasteiger partial charge on any atom is -0.449 e. The summed E-state index contributed by atoms with van der Waals surface area (Å²) in [6.07, 6.45) is 20.5. The first kappa shape index (κ1) is 26.2. The van der Waals surface area contributed by atoms with Gasteiger partial charge in [0, 0.05) is 12.5 Å². The number of hydrogen-bond acceptors (Lipinski definition) is 4. The van der Waals surface area contributed by atoms with Crippen LogP contribution in [-0.4, -0.2) is 43.7 Å². The number of aliphatic hydroxyl groups is 1. The molecule has 0 radical (unpaired) electrons. The minimum atomic E-state index is -0.331. The molecule has 5 nitrogen and oxygen atoms in total. The Hall–Kier alpha value is -0.810. The van der Waals surface area contributed by atoms with Crippen molar-refractivity contribution in [3.8, 4) is 0 Å². The van der Waals surface area contributed by atoms with E-state index in [4.69, 9.17) is 14.6 Å². The van der Waals surface area contributed by atoms with E-state index in [0.717, 1.165) is 12.8 Å². The first-order chi connectivity index (χ1) is 14.3. The van der Waals surface area contributed by atoms with Crippen LogP contribution in [0, 0.1) is 5.92 Å². The molecule has 2 atom stereocenters. The van der Waals surface area contributed by atoms with E-state index in [-0.39, 0.29) is 24.7 Å². The summed E-state index contributed by atoms with van der Waals surface area (Å²) in [7, 11) is 0. The second-order valence-electron chi connectivity index (χ2n) is 8.71. The number of hydrogen-bond donors (Lipinski definition) is 2. The van der Waals surface area contributed by atoms with Crippen LogP contribution in [0.5, 0.6) is 0 Å². The lowest BCUT2D eigenvalue weighted by atomic mass is 10.0. The molecule has 0 bridgehead atoms. The fraction of sp³-hybridized carbons (Fsp3) is 0.958. The predicted octanol–water partition coefficient (Wildman–Crippen LogP) is 5.98. The Morgan fingerprint density at radius 2 is 1.41 bits per heavy atom. The summed E-state index contributed by atoms with van der Waals surface area (Å²) in [5.74, 6) is 0.212. The maximum atomic E-state index is 11.7. The van der Waals surface area contributed by atoms with Crippen molar-refractivity contribution in [2.24, 2.45) is 5.92 Å². The van der Waals surface area contributed by atoms with Crippen LogP contribution in [0.15, 0.2) is 0 Å².